The van der Waals surface area contributed by atoms with Crippen molar-refractivity contribution in [3.63, 3.8) is 0 Å². The maximum atomic E-state index is 12.9. The van der Waals surface area contributed by atoms with Gasteiger partial charge in [0.15, 0.2) is 0 Å². The van der Waals surface area contributed by atoms with Crippen LogP contribution in [0.25, 0.3) is 0 Å². The van der Waals surface area contributed by atoms with E-state index in [0.29, 0.717) is 18.0 Å². The Morgan fingerprint density at radius 2 is 2.13 bits per heavy atom. The summed E-state index contributed by atoms with van der Waals surface area (Å²) in [6.07, 6.45) is 10.4. The van der Waals surface area contributed by atoms with E-state index < -0.39 is 10.0 Å². The topological polar surface area (TPSA) is 73.0 Å². The summed E-state index contributed by atoms with van der Waals surface area (Å²) in [7, 11) is -3.47. The lowest BCUT2D eigenvalue weighted by atomic mass is 10.0. The van der Waals surface area contributed by atoms with E-state index in [1.807, 2.05) is 23.9 Å². The maximum Gasteiger partial charge on any atom is 0.246 e. The summed E-state index contributed by atoms with van der Waals surface area (Å²) in [5, 5.41) is 8.30. The predicted molar refractivity (Wildman–Crippen MR) is 86.3 cm³/mol. The summed E-state index contributed by atoms with van der Waals surface area (Å²) < 4.78 is 31.0. The Bertz CT molecular complexity index is 723. The number of hydrogen-bond acceptors (Lipinski definition) is 4. The van der Waals surface area contributed by atoms with E-state index in [1.54, 1.807) is 21.4 Å². The highest BCUT2D eigenvalue weighted by molar-refractivity contribution is 7.89. The van der Waals surface area contributed by atoms with Crippen LogP contribution in [0.3, 0.4) is 0 Å². The zero-order chi connectivity index (χ0) is 16.3. The lowest BCUT2D eigenvalue weighted by Crippen LogP contribution is -2.44. The van der Waals surface area contributed by atoms with E-state index in [2.05, 4.69) is 10.2 Å². The molecule has 3 heterocycles. The molecule has 0 N–H and O–H groups in total. The highest BCUT2D eigenvalue weighted by Gasteiger charge is 2.34. The van der Waals surface area contributed by atoms with E-state index in [4.69, 9.17) is 0 Å². The van der Waals surface area contributed by atoms with Gasteiger partial charge in [-0.05, 0) is 32.3 Å². The van der Waals surface area contributed by atoms with Gasteiger partial charge in [0.1, 0.15) is 4.90 Å². The second-order valence-electron chi connectivity index (χ2n) is 5.85. The van der Waals surface area contributed by atoms with Crippen LogP contribution in [0.2, 0.25) is 0 Å². The molecule has 1 saturated heterocycles. The number of aromatic nitrogens is 4. The molecule has 3 rings (SSSR count). The van der Waals surface area contributed by atoms with Crippen molar-refractivity contribution in [2.45, 2.75) is 56.6 Å². The van der Waals surface area contributed by atoms with Crippen LogP contribution in [0.5, 0.6) is 0 Å². The Balaban J connectivity index is 1.76. The zero-order valence-corrected chi connectivity index (χ0v) is 14.2. The van der Waals surface area contributed by atoms with Gasteiger partial charge in [-0.15, -0.1) is 0 Å². The fraction of sp³-hybridized carbons (Fsp3) is 0.600. The van der Waals surface area contributed by atoms with Crippen molar-refractivity contribution in [2.75, 3.05) is 6.54 Å². The van der Waals surface area contributed by atoms with Crippen LogP contribution in [-0.4, -0.2) is 44.9 Å². The van der Waals surface area contributed by atoms with Crippen molar-refractivity contribution in [1.82, 2.24) is 23.9 Å². The summed E-state index contributed by atoms with van der Waals surface area (Å²) >= 11 is 0. The number of hydrogen-bond donors (Lipinski definition) is 0. The monoisotopic (exact) mass is 337 g/mol. The minimum Gasteiger partial charge on any atom is -0.273 e. The van der Waals surface area contributed by atoms with E-state index in [0.717, 1.165) is 32.2 Å². The van der Waals surface area contributed by atoms with E-state index >= 15 is 0 Å². The minimum atomic E-state index is -3.47. The average molecular weight is 337 g/mol. The van der Waals surface area contributed by atoms with Gasteiger partial charge in [-0.1, -0.05) is 6.42 Å². The van der Waals surface area contributed by atoms with Crippen molar-refractivity contribution in [3.05, 3.63) is 30.9 Å². The first-order chi connectivity index (χ1) is 11.1. The van der Waals surface area contributed by atoms with Crippen LogP contribution < -0.4 is 0 Å². The van der Waals surface area contributed by atoms with Crippen LogP contribution in [0.1, 0.15) is 32.6 Å². The van der Waals surface area contributed by atoms with Crippen LogP contribution in [0, 0.1) is 0 Å². The number of nitrogens with zero attached hydrogens (tertiary/aromatic N) is 5. The normalized spacial score (nSPS) is 20.0. The molecule has 0 aliphatic carbocycles. The molecule has 126 valence electrons. The Hall–Kier alpha value is -1.67. The molecule has 1 atom stereocenters. The number of piperidine rings is 1. The summed E-state index contributed by atoms with van der Waals surface area (Å²) in [5.41, 5.74) is 0. The first-order valence-electron chi connectivity index (χ1n) is 8.13. The molecule has 0 amide bonds. The molecular formula is C15H23N5O2S. The number of rotatable bonds is 6. The largest absolute Gasteiger partial charge is 0.273 e. The fourth-order valence-corrected chi connectivity index (χ4v) is 4.76. The van der Waals surface area contributed by atoms with Crippen molar-refractivity contribution in [3.8, 4) is 0 Å². The molecule has 1 aliphatic heterocycles. The summed E-state index contributed by atoms with van der Waals surface area (Å²) in [5.74, 6) is 0. The van der Waals surface area contributed by atoms with Gasteiger partial charge in [-0.2, -0.15) is 14.5 Å². The Morgan fingerprint density at radius 3 is 2.83 bits per heavy atom. The van der Waals surface area contributed by atoms with Crippen molar-refractivity contribution in [2.24, 2.45) is 0 Å². The first-order valence-corrected chi connectivity index (χ1v) is 9.57. The Labute approximate surface area is 137 Å². The third-order valence-electron chi connectivity index (χ3n) is 4.36. The Morgan fingerprint density at radius 1 is 1.26 bits per heavy atom. The second kappa shape index (κ2) is 6.84. The third-order valence-corrected chi connectivity index (χ3v) is 6.27. The molecule has 0 aromatic carbocycles. The molecule has 7 nitrogen and oxygen atoms in total. The maximum absolute atomic E-state index is 12.9. The van der Waals surface area contributed by atoms with Gasteiger partial charge in [-0.3, -0.25) is 9.36 Å². The zero-order valence-electron chi connectivity index (χ0n) is 13.4. The SMILES string of the molecule is CCn1cc(S(=O)(=O)N2CCCC[C@H]2CCn2cccn2)cn1. The van der Waals surface area contributed by atoms with Gasteiger partial charge in [0, 0.05) is 44.3 Å². The smallest absolute Gasteiger partial charge is 0.246 e. The highest BCUT2D eigenvalue weighted by atomic mass is 32.2. The van der Waals surface area contributed by atoms with Gasteiger partial charge < -0.3 is 0 Å². The van der Waals surface area contributed by atoms with Crippen molar-refractivity contribution < 1.29 is 8.42 Å². The third kappa shape index (κ3) is 3.48. The summed E-state index contributed by atoms with van der Waals surface area (Å²) in [4.78, 5) is 0.297. The molecule has 1 aliphatic rings. The van der Waals surface area contributed by atoms with Gasteiger partial charge >= 0.3 is 0 Å². The number of aryl methyl sites for hydroxylation is 2. The van der Waals surface area contributed by atoms with Crippen molar-refractivity contribution >= 4 is 10.0 Å². The lowest BCUT2D eigenvalue weighted by molar-refractivity contribution is 0.231. The average Bonchev–Trinajstić information content (AvgIpc) is 3.24. The van der Waals surface area contributed by atoms with Crippen LogP contribution in [0.4, 0.5) is 0 Å². The molecule has 0 bridgehead atoms. The number of sulfonamides is 1. The van der Waals surface area contributed by atoms with Gasteiger partial charge in [0.05, 0.1) is 6.20 Å². The molecule has 0 saturated carbocycles. The van der Waals surface area contributed by atoms with Crippen LogP contribution >= 0.6 is 0 Å². The standard InChI is InChI=1S/C15H23N5O2S/c1-2-18-13-15(12-17-18)23(21,22)20-10-4-3-6-14(20)7-11-19-9-5-8-16-19/h5,8-9,12-14H,2-4,6-7,10-11H2,1H3/t14-/m0/s1. The molecule has 2 aromatic heterocycles. The second-order valence-corrected chi connectivity index (χ2v) is 7.75. The quantitative estimate of drug-likeness (QED) is 0.805. The Kier molecular flexibility index (Phi) is 4.82. The van der Waals surface area contributed by atoms with E-state index in [1.165, 1.54) is 6.20 Å². The molecule has 0 spiro atoms. The molecular weight excluding hydrogens is 314 g/mol. The first kappa shape index (κ1) is 16.2. The predicted octanol–water partition coefficient (Wildman–Crippen LogP) is 1.73. The fourth-order valence-electron chi connectivity index (χ4n) is 3.08. The molecule has 0 unspecified atom stereocenters. The minimum absolute atomic E-state index is 0.0305. The van der Waals surface area contributed by atoms with Crippen LogP contribution in [0.15, 0.2) is 35.7 Å². The van der Waals surface area contributed by atoms with Gasteiger partial charge in [0.25, 0.3) is 0 Å². The van der Waals surface area contributed by atoms with E-state index in [-0.39, 0.29) is 6.04 Å². The molecule has 8 heteroatoms. The molecule has 1 fully saturated rings. The summed E-state index contributed by atoms with van der Waals surface area (Å²) in [6.45, 7) is 3.93. The van der Waals surface area contributed by atoms with Gasteiger partial charge in [-0.25, -0.2) is 8.42 Å². The molecule has 2 aromatic rings. The molecule has 23 heavy (non-hydrogen) atoms. The van der Waals surface area contributed by atoms with E-state index in [9.17, 15) is 8.42 Å². The lowest BCUT2D eigenvalue weighted by Gasteiger charge is -2.34. The van der Waals surface area contributed by atoms with Gasteiger partial charge in [0.2, 0.25) is 10.0 Å². The van der Waals surface area contributed by atoms with Crippen LogP contribution in [-0.2, 0) is 23.1 Å². The molecule has 0 radical (unpaired) electrons. The van der Waals surface area contributed by atoms with Crippen molar-refractivity contribution in [1.29, 1.82) is 0 Å². The summed E-state index contributed by atoms with van der Waals surface area (Å²) in [6, 6.07) is 1.91. The highest BCUT2D eigenvalue weighted by Crippen LogP contribution is 2.27.